The number of aromatic amines is 1. The number of hydrogen-bond donors (Lipinski definition) is 1. The Balaban J connectivity index is 2.45. The van der Waals surface area contributed by atoms with Crippen molar-refractivity contribution < 1.29 is 9.13 Å². The van der Waals surface area contributed by atoms with Crippen LogP contribution in [0.5, 0.6) is 5.75 Å². The van der Waals surface area contributed by atoms with Crippen LogP contribution in [0.2, 0.25) is 0 Å². The predicted molar refractivity (Wildman–Crippen MR) is 76.1 cm³/mol. The topological polar surface area (TPSA) is 64.1 Å². The third kappa shape index (κ3) is 2.86. The molecule has 100 valence electrons. The number of aromatic nitrogens is 2. The Kier molecular flexibility index (Phi) is 4.03. The van der Waals surface area contributed by atoms with Crippen molar-refractivity contribution in [1.29, 1.82) is 0 Å². The van der Waals surface area contributed by atoms with Crippen LogP contribution in [-0.4, -0.2) is 16.7 Å². The van der Waals surface area contributed by atoms with E-state index in [0.717, 1.165) is 0 Å². The van der Waals surface area contributed by atoms with E-state index < -0.39 is 17.1 Å². The van der Waals surface area contributed by atoms with Gasteiger partial charge in [0.05, 0.1) is 17.2 Å². The average Bonchev–Trinajstić information content (AvgIpc) is 2.38. The van der Waals surface area contributed by atoms with E-state index in [1.165, 1.54) is 23.9 Å². The summed E-state index contributed by atoms with van der Waals surface area (Å²) in [4.78, 5) is 25.0. The minimum absolute atomic E-state index is 0.0225. The first kappa shape index (κ1) is 13.8. The number of nitrogens with one attached hydrogen (secondary N) is 1. The summed E-state index contributed by atoms with van der Waals surface area (Å²) in [6.07, 6.45) is 1.39. The van der Waals surface area contributed by atoms with Crippen LogP contribution in [0.15, 0.2) is 34.0 Å². The number of ether oxygens (including phenoxy) is 1. The van der Waals surface area contributed by atoms with Crippen LogP contribution in [0.4, 0.5) is 4.39 Å². The fraction of sp³-hybridized carbons (Fsp3) is 0.167. The fourth-order valence-corrected chi connectivity index (χ4v) is 2.09. The molecule has 7 heteroatoms. The molecule has 0 saturated heterocycles. The molecule has 1 N–H and O–H groups in total. The van der Waals surface area contributed by atoms with Crippen molar-refractivity contribution in [1.82, 2.24) is 9.55 Å². The van der Waals surface area contributed by atoms with Crippen LogP contribution in [-0.2, 0) is 6.54 Å². The van der Waals surface area contributed by atoms with Gasteiger partial charge in [-0.3, -0.25) is 14.3 Å². The van der Waals surface area contributed by atoms with Gasteiger partial charge in [0.25, 0.3) is 5.56 Å². The Hall–Kier alpha value is -1.64. The highest BCUT2D eigenvalue weighted by molar-refractivity contribution is 14.1. The minimum atomic E-state index is -0.576. The summed E-state index contributed by atoms with van der Waals surface area (Å²) < 4.78 is 20.4. The molecule has 1 heterocycles. The van der Waals surface area contributed by atoms with Crippen molar-refractivity contribution in [2.75, 3.05) is 7.11 Å². The first-order valence-corrected chi connectivity index (χ1v) is 6.41. The molecule has 0 aliphatic heterocycles. The number of H-pyrrole nitrogens is 1. The number of nitrogens with zero attached hydrogens (tertiary/aromatic N) is 1. The third-order valence-electron chi connectivity index (χ3n) is 2.57. The Labute approximate surface area is 121 Å². The molecule has 0 aliphatic carbocycles. The van der Waals surface area contributed by atoms with E-state index in [-0.39, 0.29) is 12.3 Å². The van der Waals surface area contributed by atoms with Gasteiger partial charge < -0.3 is 4.74 Å². The molecule has 0 unspecified atom stereocenters. The first-order valence-electron chi connectivity index (χ1n) is 5.33. The van der Waals surface area contributed by atoms with Gasteiger partial charge in [0.15, 0.2) is 11.6 Å². The predicted octanol–water partition coefficient (Wildman–Crippen LogP) is 1.34. The van der Waals surface area contributed by atoms with Crippen LogP contribution in [0.25, 0.3) is 0 Å². The monoisotopic (exact) mass is 376 g/mol. The van der Waals surface area contributed by atoms with Crippen LogP contribution < -0.4 is 16.0 Å². The molecule has 0 amide bonds. The molecule has 0 radical (unpaired) electrons. The molecule has 0 spiro atoms. The van der Waals surface area contributed by atoms with Gasteiger partial charge in [-0.1, -0.05) is 12.1 Å². The Bertz CT molecular complexity index is 724. The van der Waals surface area contributed by atoms with Gasteiger partial charge in [-0.2, -0.15) is 0 Å². The van der Waals surface area contributed by atoms with Gasteiger partial charge in [-0.25, -0.2) is 9.18 Å². The highest BCUT2D eigenvalue weighted by Crippen LogP contribution is 2.20. The molecule has 19 heavy (non-hydrogen) atoms. The Morgan fingerprint density at radius 2 is 2.16 bits per heavy atom. The lowest BCUT2D eigenvalue weighted by Gasteiger charge is -2.09. The molecule has 0 atom stereocenters. The number of benzene rings is 1. The summed E-state index contributed by atoms with van der Waals surface area (Å²) in [6, 6.07) is 4.69. The van der Waals surface area contributed by atoms with E-state index in [9.17, 15) is 14.0 Å². The largest absolute Gasteiger partial charge is 0.494 e. The second-order valence-electron chi connectivity index (χ2n) is 3.80. The molecular weight excluding hydrogens is 366 g/mol. The van der Waals surface area contributed by atoms with Gasteiger partial charge in [-0.15, -0.1) is 0 Å². The number of methoxy groups -OCH3 is 1. The highest BCUT2D eigenvalue weighted by atomic mass is 127. The molecular formula is C12H10FIN2O3. The number of rotatable bonds is 3. The van der Waals surface area contributed by atoms with Crippen LogP contribution >= 0.6 is 22.6 Å². The fourth-order valence-electron chi connectivity index (χ4n) is 1.62. The van der Waals surface area contributed by atoms with Crippen LogP contribution in [0, 0.1) is 9.39 Å². The minimum Gasteiger partial charge on any atom is -0.494 e. The second kappa shape index (κ2) is 5.55. The van der Waals surface area contributed by atoms with Crippen LogP contribution in [0.1, 0.15) is 5.56 Å². The first-order chi connectivity index (χ1) is 9.02. The molecule has 1 aromatic carbocycles. The molecule has 5 nitrogen and oxygen atoms in total. The maximum Gasteiger partial charge on any atom is 0.328 e. The van der Waals surface area contributed by atoms with Crippen molar-refractivity contribution in [3.8, 4) is 5.75 Å². The van der Waals surface area contributed by atoms with Crippen molar-refractivity contribution in [2.45, 2.75) is 6.54 Å². The summed E-state index contributed by atoms with van der Waals surface area (Å²) in [5.41, 5.74) is -0.718. The van der Waals surface area contributed by atoms with E-state index in [1.54, 1.807) is 12.1 Å². The lowest BCUT2D eigenvalue weighted by atomic mass is 10.2. The third-order valence-corrected chi connectivity index (χ3v) is 3.34. The standard InChI is InChI=1S/C12H10FIN2O3/c1-19-9-4-2-3-7(10(9)13)5-16-6-8(14)11(17)15-12(16)18/h2-4,6H,5H2,1H3,(H,15,17,18). The zero-order chi connectivity index (χ0) is 14.0. The molecule has 2 aromatic rings. The molecule has 0 aliphatic rings. The SMILES string of the molecule is COc1cccc(Cn2cc(I)c(=O)[nH]c2=O)c1F. The summed E-state index contributed by atoms with van der Waals surface area (Å²) in [6.45, 7) is 0.0225. The van der Waals surface area contributed by atoms with E-state index in [1.807, 2.05) is 22.6 Å². The summed E-state index contributed by atoms with van der Waals surface area (Å²) in [5.74, 6) is -0.400. The molecule has 0 saturated carbocycles. The van der Waals surface area contributed by atoms with Crippen molar-refractivity contribution in [3.05, 3.63) is 60.2 Å². The maximum absolute atomic E-state index is 14.0. The highest BCUT2D eigenvalue weighted by Gasteiger charge is 2.10. The molecule has 0 fully saturated rings. The smallest absolute Gasteiger partial charge is 0.328 e. The summed E-state index contributed by atoms with van der Waals surface area (Å²) >= 11 is 1.81. The molecule has 1 aromatic heterocycles. The van der Waals surface area contributed by atoms with Crippen molar-refractivity contribution in [3.63, 3.8) is 0 Å². The zero-order valence-electron chi connectivity index (χ0n) is 9.94. The van der Waals surface area contributed by atoms with Gasteiger partial charge >= 0.3 is 5.69 Å². The summed E-state index contributed by atoms with van der Waals surface area (Å²) in [7, 11) is 1.37. The Morgan fingerprint density at radius 3 is 2.84 bits per heavy atom. The van der Waals surface area contributed by atoms with Crippen molar-refractivity contribution in [2.24, 2.45) is 0 Å². The second-order valence-corrected chi connectivity index (χ2v) is 4.96. The quantitative estimate of drug-likeness (QED) is 0.823. The van der Waals surface area contributed by atoms with Gasteiger partial charge in [-0.05, 0) is 28.7 Å². The van der Waals surface area contributed by atoms with E-state index in [0.29, 0.717) is 9.13 Å². The maximum atomic E-state index is 14.0. The zero-order valence-corrected chi connectivity index (χ0v) is 12.1. The lowest BCUT2D eigenvalue weighted by molar-refractivity contribution is 0.383. The molecule has 2 rings (SSSR count). The van der Waals surface area contributed by atoms with Gasteiger partial charge in [0.2, 0.25) is 0 Å². The number of halogens is 2. The van der Waals surface area contributed by atoms with E-state index in [2.05, 4.69) is 4.98 Å². The average molecular weight is 376 g/mol. The lowest BCUT2D eigenvalue weighted by Crippen LogP contribution is -2.31. The van der Waals surface area contributed by atoms with Gasteiger partial charge in [0, 0.05) is 11.8 Å². The number of hydrogen-bond acceptors (Lipinski definition) is 3. The summed E-state index contributed by atoms with van der Waals surface area (Å²) in [5, 5.41) is 0. The normalized spacial score (nSPS) is 10.5. The van der Waals surface area contributed by atoms with Crippen LogP contribution in [0.3, 0.4) is 0 Å². The van der Waals surface area contributed by atoms with Gasteiger partial charge in [0.1, 0.15) is 0 Å². The molecule has 0 bridgehead atoms. The van der Waals surface area contributed by atoms with E-state index >= 15 is 0 Å². The Morgan fingerprint density at radius 1 is 1.42 bits per heavy atom. The van der Waals surface area contributed by atoms with E-state index in [4.69, 9.17) is 4.74 Å². The van der Waals surface area contributed by atoms with Crippen molar-refractivity contribution >= 4 is 22.6 Å².